The molecule has 4 N–H and O–H groups in total. The van der Waals surface area contributed by atoms with Crippen molar-refractivity contribution in [3.63, 3.8) is 0 Å². The molecule has 0 aromatic heterocycles. The number of aliphatic hydroxyl groups excluding tert-OH is 1. The Kier molecular flexibility index (Phi) is 6.79. The predicted octanol–water partition coefficient (Wildman–Crippen LogP) is 4.16. The summed E-state index contributed by atoms with van der Waals surface area (Å²) >= 11 is 1.25. The Morgan fingerprint density at radius 2 is 1.85 bits per heavy atom. The number of nitrogens with two attached hydrogens (primary N) is 1. The van der Waals surface area contributed by atoms with Crippen molar-refractivity contribution in [1.29, 1.82) is 0 Å². The highest BCUT2D eigenvalue weighted by Gasteiger charge is 2.34. The molecule has 33 heavy (non-hydrogen) atoms. The van der Waals surface area contributed by atoms with Gasteiger partial charge in [-0.3, -0.25) is 9.69 Å². The molecule has 3 aromatic carbocycles. The van der Waals surface area contributed by atoms with Gasteiger partial charge in [0.15, 0.2) is 16.7 Å². The monoisotopic (exact) mass is 461 g/mol. The topological polar surface area (TPSA) is 108 Å². The van der Waals surface area contributed by atoms with Crippen molar-refractivity contribution in [2.45, 2.75) is 13.2 Å². The van der Waals surface area contributed by atoms with Crippen molar-refractivity contribution < 1.29 is 19.7 Å². The van der Waals surface area contributed by atoms with Crippen LogP contribution in [-0.2, 0) is 17.9 Å². The van der Waals surface area contributed by atoms with Gasteiger partial charge in [0.05, 0.1) is 30.0 Å². The minimum absolute atomic E-state index is 0.123. The molecule has 0 unspecified atom stereocenters. The van der Waals surface area contributed by atoms with E-state index in [1.807, 2.05) is 54.6 Å². The van der Waals surface area contributed by atoms with E-state index >= 15 is 0 Å². The summed E-state index contributed by atoms with van der Waals surface area (Å²) in [4.78, 5) is 20.1. The number of thioether (sulfide) groups is 1. The molecular weight excluding hydrogens is 438 g/mol. The minimum Gasteiger partial charge on any atom is -0.504 e. The predicted molar refractivity (Wildman–Crippen MR) is 132 cm³/mol. The van der Waals surface area contributed by atoms with Crippen LogP contribution in [0.4, 0.5) is 11.4 Å². The number of amidine groups is 1. The van der Waals surface area contributed by atoms with Gasteiger partial charge in [0.25, 0.3) is 5.91 Å². The van der Waals surface area contributed by atoms with Gasteiger partial charge in [-0.25, -0.2) is 4.99 Å². The zero-order valence-electron chi connectivity index (χ0n) is 17.9. The highest BCUT2D eigenvalue weighted by molar-refractivity contribution is 8.19. The maximum Gasteiger partial charge on any atom is 0.271 e. The lowest BCUT2D eigenvalue weighted by atomic mass is 10.1. The SMILES string of the molecule is COc1cc(/C=C2/S/C(=N/c3ccc(CN)cc3)N(c3ccccc3)C2=O)cc(CO)c1O. The lowest BCUT2D eigenvalue weighted by Crippen LogP contribution is -2.28. The van der Waals surface area contributed by atoms with Gasteiger partial charge in [0.2, 0.25) is 0 Å². The Bertz CT molecular complexity index is 1200. The molecule has 1 aliphatic heterocycles. The Hall–Kier alpha value is -3.59. The molecule has 0 radical (unpaired) electrons. The molecule has 1 saturated heterocycles. The summed E-state index contributed by atoms with van der Waals surface area (Å²) in [5.74, 6) is -0.125. The van der Waals surface area contributed by atoms with Gasteiger partial charge in [-0.2, -0.15) is 0 Å². The highest BCUT2D eigenvalue weighted by Crippen LogP contribution is 2.39. The first-order chi connectivity index (χ1) is 16.0. The molecule has 168 valence electrons. The normalized spacial score (nSPS) is 16.1. The fourth-order valence-corrected chi connectivity index (χ4v) is 4.37. The number of carbonyl (C=O) groups is 1. The number of phenols is 1. The van der Waals surface area contributed by atoms with Crippen LogP contribution >= 0.6 is 11.8 Å². The van der Waals surface area contributed by atoms with Crippen molar-refractivity contribution in [2.75, 3.05) is 12.0 Å². The fourth-order valence-electron chi connectivity index (χ4n) is 3.37. The van der Waals surface area contributed by atoms with Crippen LogP contribution in [0.1, 0.15) is 16.7 Å². The van der Waals surface area contributed by atoms with E-state index in [1.165, 1.54) is 18.9 Å². The number of para-hydroxylation sites is 1. The largest absolute Gasteiger partial charge is 0.504 e. The van der Waals surface area contributed by atoms with Crippen LogP contribution in [0.3, 0.4) is 0 Å². The van der Waals surface area contributed by atoms with Gasteiger partial charge in [-0.15, -0.1) is 0 Å². The number of aliphatic hydroxyl groups is 1. The van der Waals surface area contributed by atoms with Crippen molar-refractivity contribution in [3.05, 3.63) is 88.3 Å². The van der Waals surface area contributed by atoms with E-state index in [1.54, 1.807) is 23.1 Å². The Morgan fingerprint density at radius 1 is 1.12 bits per heavy atom. The van der Waals surface area contributed by atoms with Gasteiger partial charge in [-0.05, 0) is 65.4 Å². The molecule has 1 fully saturated rings. The average molecular weight is 462 g/mol. The minimum atomic E-state index is -0.359. The summed E-state index contributed by atoms with van der Waals surface area (Å²) in [6, 6.07) is 20.1. The van der Waals surface area contributed by atoms with E-state index in [0.717, 1.165) is 5.56 Å². The molecule has 1 heterocycles. The third kappa shape index (κ3) is 4.78. The van der Waals surface area contributed by atoms with E-state index in [9.17, 15) is 15.0 Å². The molecular formula is C25H23N3O4S. The summed E-state index contributed by atoms with van der Waals surface area (Å²) in [7, 11) is 1.43. The number of carbonyl (C=O) groups excluding carboxylic acids is 1. The van der Waals surface area contributed by atoms with Crippen LogP contribution in [-0.4, -0.2) is 28.4 Å². The molecule has 1 aliphatic rings. The van der Waals surface area contributed by atoms with Crippen LogP contribution in [0.2, 0.25) is 0 Å². The molecule has 7 nitrogen and oxygen atoms in total. The second-order valence-corrected chi connectivity index (χ2v) is 8.25. The van der Waals surface area contributed by atoms with E-state index in [0.29, 0.717) is 39.1 Å². The number of hydrogen-bond donors (Lipinski definition) is 3. The Labute approximate surface area is 195 Å². The number of nitrogens with zero attached hydrogens (tertiary/aromatic N) is 2. The maximum absolute atomic E-state index is 13.4. The first-order valence-electron chi connectivity index (χ1n) is 10.2. The van der Waals surface area contributed by atoms with E-state index in [4.69, 9.17) is 15.5 Å². The second kappa shape index (κ2) is 9.91. The average Bonchev–Trinajstić information content (AvgIpc) is 3.15. The summed E-state index contributed by atoms with van der Waals surface area (Å²) in [5.41, 5.74) is 9.02. The molecule has 1 amide bonds. The van der Waals surface area contributed by atoms with Gasteiger partial charge in [0.1, 0.15) is 0 Å². The number of anilines is 1. The van der Waals surface area contributed by atoms with Crippen LogP contribution in [0.15, 0.2) is 76.6 Å². The third-order valence-electron chi connectivity index (χ3n) is 5.08. The smallest absolute Gasteiger partial charge is 0.271 e. The van der Waals surface area contributed by atoms with Gasteiger partial charge in [0, 0.05) is 12.1 Å². The van der Waals surface area contributed by atoms with Crippen LogP contribution < -0.4 is 15.4 Å². The van der Waals surface area contributed by atoms with Crippen molar-refractivity contribution in [2.24, 2.45) is 10.7 Å². The van der Waals surface area contributed by atoms with Crippen molar-refractivity contribution >= 4 is 40.3 Å². The van der Waals surface area contributed by atoms with E-state index < -0.39 is 0 Å². The zero-order valence-corrected chi connectivity index (χ0v) is 18.7. The number of rotatable bonds is 6. The lowest BCUT2D eigenvalue weighted by Gasteiger charge is -2.15. The Balaban J connectivity index is 1.77. The molecule has 0 aliphatic carbocycles. The molecule has 0 saturated carbocycles. The molecule has 3 aromatic rings. The number of hydrogen-bond acceptors (Lipinski definition) is 7. The number of amides is 1. The third-order valence-corrected chi connectivity index (χ3v) is 6.05. The number of benzene rings is 3. The zero-order chi connectivity index (χ0) is 23.4. The Morgan fingerprint density at radius 3 is 2.48 bits per heavy atom. The first-order valence-corrected chi connectivity index (χ1v) is 11.0. The summed E-state index contributed by atoms with van der Waals surface area (Å²) < 4.78 is 5.20. The van der Waals surface area contributed by atoms with Gasteiger partial charge < -0.3 is 20.7 Å². The fraction of sp³-hybridized carbons (Fsp3) is 0.120. The molecule has 4 rings (SSSR count). The van der Waals surface area contributed by atoms with Crippen LogP contribution in [0.25, 0.3) is 6.08 Å². The van der Waals surface area contributed by atoms with Crippen molar-refractivity contribution in [1.82, 2.24) is 0 Å². The number of methoxy groups -OCH3 is 1. The van der Waals surface area contributed by atoms with Gasteiger partial charge >= 0.3 is 0 Å². The highest BCUT2D eigenvalue weighted by atomic mass is 32.2. The molecule has 0 atom stereocenters. The quantitative estimate of drug-likeness (QED) is 0.476. The summed E-state index contributed by atoms with van der Waals surface area (Å²) in [6.45, 7) is 0.0843. The number of ether oxygens (including phenoxy) is 1. The van der Waals surface area contributed by atoms with Crippen LogP contribution in [0, 0.1) is 0 Å². The maximum atomic E-state index is 13.4. The van der Waals surface area contributed by atoms with Crippen molar-refractivity contribution in [3.8, 4) is 11.5 Å². The summed E-state index contributed by atoms with van der Waals surface area (Å²) in [5, 5.41) is 20.2. The lowest BCUT2D eigenvalue weighted by molar-refractivity contribution is -0.113. The molecule has 0 bridgehead atoms. The van der Waals surface area contributed by atoms with Crippen LogP contribution in [0.5, 0.6) is 11.5 Å². The van der Waals surface area contributed by atoms with E-state index in [-0.39, 0.29) is 24.0 Å². The van der Waals surface area contributed by atoms with Gasteiger partial charge in [-0.1, -0.05) is 30.3 Å². The standard InChI is InChI=1S/C25H23N3O4S/c1-32-21-12-17(11-18(15-29)23(21)30)13-22-24(31)28(20-5-3-2-4-6-20)25(33-22)27-19-9-7-16(14-26)8-10-19/h2-13,29-30H,14-15,26H2,1H3/b22-13+,27-25+. The second-order valence-electron chi connectivity index (χ2n) is 7.24. The summed E-state index contributed by atoms with van der Waals surface area (Å²) in [6.07, 6.45) is 1.70. The number of aromatic hydroxyl groups is 1. The first kappa shape index (κ1) is 22.6. The molecule has 8 heteroatoms. The van der Waals surface area contributed by atoms with E-state index in [2.05, 4.69) is 0 Å². The number of aliphatic imine (C=N–C) groups is 1. The molecule has 0 spiro atoms.